The van der Waals surface area contributed by atoms with Gasteiger partial charge in [0, 0.05) is 16.9 Å². The number of aliphatic hydroxyl groups excluding tert-OH is 1. The first kappa shape index (κ1) is 21.2. The van der Waals surface area contributed by atoms with E-state index in [-0.39, 0.29) is 12.4 Å². The quantitative estimate of drug-likeness (QED) is 0.550. The minimum Gasteiger partial charge on any atom is -0.493 e. The summed E-state index contributed by atoms with van der Waals surface area (Å²) in [6.07, 6.45) is 1.83. The van der Waals surface area contributed by atoms with Crippen molar-refractivity contribution in [2.45, 2.75) is 24.4 Å². The SMILES string of the molecule is COc1ccc(C(C)(C)c2cnc(SCCO)n2-c2ccc(F)cc2)cc1OC. The number of thioether (sulfide) groups is 1. The van der Waals surface area contributed by atoms with Crippen molar-refractivity contribution in [3.8, 4) is 17.2 Å². The number of hydrogen-bond donors (Lipinski definition) is 1. The Kier molecular flexibility index (Phi) is 6.49. The van der Waals surface area contributed by atoms with Gasteiger partial charge in [-0.2, -0.15) is 0 Å². The lowest BCUT2D eigenvalue weighted by Crippen LogP contribution is -2.23. The van der Waals surface area contributed by atoms with Crippen molar-refractivity contribution in [1.29, 1.82) is 0 Å². The third-order valence-electron chi connectivity index (χ3n) is 4.88. The Morgan fingerprint density at radius 2 is 1.76 bits per heavy atom. The van der Waals surface area contributed by atoms with Crippen LogP contribution >= 0.6 is 11.8 Å². The molecule has 0 radical (unpaired) electrons. The molecule has 1 aromatic heterocycles. The van der Waals surface area contributed by atoms with Crippen molar-refractivity contribution in [1.82, 2.24) is 9.55 Å². The van der Waals surface area contributed by atoms with Gasteiger partial charge in [-0.15, -0.1) is 0 Å². The monoisotopic (exact) mass is 416 g/mol. The van der Waals surface area contributed by atoms with Gasteiger partial charge in [0.15, 0.2) is 16.7 Å². The van der Waals surface area contributed by atoms with Crippen molar-refractivity contribution in [2.24, 2.45) is 0 Å². The molecule has 0 amide bonds. The average molecular weight is 417 g/mol. The van der Waals surface area contributed by atoms with Crippen LogP contribution in [0.2, 0.25) is 0 Å². The minimum absolute atomic E-state index is 0.0509. The fourth-order valence-corrected chi connectivity index (χ4v) is 3.96. The zero-order valence-corrected chi connectivity index (χ0v) is 17.8. The van der Waals surface area contributed by atoms with Gasteiger partial charge in [0.1, 0.15) is 5.82 Å². The molecule has 0 aliphatic rings. The van der Waals surface area contributed by atoms with Gasteiger partial charge in [-0.05, 0) is 42.0 Å². The lowest BCUT2D eigenvalue weighted by molar-refractivity contribution is 0.322. The number of benzene rings is 2. The minimum atomic E-state index is -0.432. The molecule has 0 aliphatic carbocycles. The maximum Gasteiger partial charge on any atom is 0.172 e. The van der Waals surface area contributed by atoms with E-state index in [1.165, 1.54) is 23.9 Å². The third-order valence-corrected chi connectivity index (χ3v) is 5.82. The van der Waals surface area contributed by atoms with Crippen molar-refractivity contribution in [3.63, 3.8) is 0 Å². The van der Waals surface area contributed by atoms with Gasteiger partial charge in [0.2, 0.25) is 0 Å². The summed E-state index contributed by atoms with van der Waals surface area (Å²) in [5, 5.41) is 9.99. The first-order valence-corrected chi connectivity index (χ1v) is 10.2. The molecule has 3 aromatic rings. The van der Waals surface area contributed by atoms with Crippen LogP contribution in [0.4, 0.5) is 4.39 Å². The molecular weight excluding hydrogens is 391 g/mol. The summed E-state index contributed by atoms with van der Waals surface area (Å²) in [6, 6.07) is 12.2. The van der Waals surface area contributed by atoms with E-state index < -0.39 is 5.41 Å². The second-order valence-electron chi connectivity index (χ2n) is 7.00. The van der Waals surface area contributed by atoms with Gasteiger partial charge >= 0.3 is 0 Å². The van der Waals surface area contributed by atoms with Gasteiger partial charge in [0.05, 0.1) is 32.7 Å². The van der Waals surface area contributed by atoms with Gasteiger partial charge in [-0.3, -0.25) is 4.57 Å². The van der Waals surface area contributed by atoms with Crippen LogP contribution in [0.15, 0.2) is 53.8 Å². The largest absolute Gasteiger partial charge is 0.493 e. The molecule has 2 aromatic carbocycles. The van der Waals surface area contributed by atoms with Crippen LogP contribution in [0.3, 0.4) is 0 Å². The zero-order chi connectivity index (χ0) is 21.0. The maximum absolute atomic E-state index is 13.5. The number of rotatable bonds is 8. The highest BCUT2D eigenvalue weighted by Crippen LogP contribution is 2.39. The Morgan fingerprint density at radius 1 is 1.07 bits per heavy atom. The van der Waals surface area contributed by atoms with E-state index in [1.54, 1.807) is 26.4 Å². The van der Waals surface area contributed by atoms with E-state index in [2.05, 4.69) is 18.8 Å². The van der Waals surface area contributed by atoms with E-state index in [9.17, 15) is 9.50 Å². The van der Waals surface area contributed by atoms with Crippen LogP contribution < -0.4 is 9.47 Å². The molecule has 0 saturated carbocycles. The lowest BCUT2D eigenvalue weighted by atomic mass is 9.81. The molecular formula is C22H25FN2O3S. The average Bonchev–Trinajstić information content (AvgIpc) is 3.16. The number of nitrogens with zero attached hydrogens (tertiary/aromatic N) is 2. The van der Waals surface area contributed by atoms with E-state index in [1.807, 2.05) is 29.0 Å². The lowest BCUT2D eigenvalue weighted by Gasteiger charge is -2.28. The molecule has 5 nitrogen and oxygen atoms in total. The van der Waals surface area contributed by atoms with Crippen LogP contribution in [-0.4, -0.2) is 41.2 Å². The van der Waals surface area contributed by atoms with Crippen molar-refractivity contribution < 1.29 is 19.0 Å². The van der Waals surface area contributed by atoms with Crippen LogP contribution in [0.1, 0.15) is 25.1 Å². The van der Waals surface area contributed by atoms with Gasteiger partial charge in [0.25, 0.3) is 0 Å². The number of hydrogen-bond acceptors (Lipinski definition) is 5. The van der Waals surface area contributed by atoms with Crippen LogP contribution in [0, 0.1) is 5.82 Å². The molecule has 3 rings (SSSR count). The molecule has 0 saturated heterocycles. The second kappa shape index (κ2) is 8.88. The number of ether oxygens (including phenoxy) is 2. The van der Waals surface area contributed by atoms with Crippen LogP contribution in [0.5, 0.6) is 11.5 Å². The van der Waals surface area contributed by atoms with E-state index in [0.29, 0.717) is 17.3 Å². The number of methoxy groups -OCH3 is 2. The summed E-state index contributed by atoms with van der Waals surface area (Å²) in [6.45, 7) is 4.26. The third kappa shape index (κ3) is 4.26. The topological polar surface area (TPSA) is 56.5 Å². The first-order valence-electron chi connectivity index (χ1n) is 9.22. The predicted molar refractivity (Wildman–Crippen MR) is 113 cm³/mol. The van der Waals surface area contributed by atoms with Gasteiger partial charge in [-0.1, -0.05) is 31.7 Å². The Balaban J connectivity index is 2.13. The van der Waals surface area contributed by atoms with Crippen molar-refractivity contribution >= 4 is 11.8 Å². The van der Waals surface area contributed by atoms with E-state index in [4.69, 9.17) is 9.47 Å². The van der Waals surface area contributed by atoms with Crippen LogP contribution in [0.25, 0.3) is 5.69 Å². The highest BCUT2D eigenvalue weighted by Gasteiger charge is 2.30. The summed E-state index contributed by atoms with van der Waals surface area (Å²) in [7, 11) is 3.22. The molecule has 0 atom stereocenters. The Hall–Kier alpha value is -2.51. The molecule has 29 heavy (non-hydrogen) atoms. The smallest absolute Gasteiger partial charge is 0.172 e. The van der Waals surface area contributed by atoms with Crippen molar-refractivity contribution in [3.05, 3.63) is 65.7 Å². The fraction of sp³-hybridized carbons (Fsp3) is 0.318. The summed E-state index contributed by atoms with van der Waals surface area (Å²) >= 11 is 1.46. The fourth-order valence-electron chi connectivity index (χ4n) is 3.23. The van der Waals surface area contributed by atoms with Crippen molar-refractivity contribution in [2.75, 3.05) is 26.6 Å². The summed E-state index contributed by atoms with van der Waals surface area (Å²) in [5.74, 6) is 1.55. The Bertz CT molecular complexity index is 971. The first-order chi connectivity index (χ1) is 13.9. The summed E-state index contributed by atoms with van der Waals surface area (Å²) in [5.41, 5.74) is 2.35. The number of aromatic nitrogens is 2. The molecule has 0 aliphatic heterocycles. The molecule has 154 valence electrons. The normalized spacial score (nSPS) is 11.5. The van der Waals surface area contributed by atoms with E-state index in [0.717, 1.165) is 22.1 Å². The standard InChI is InChI=1S/C22H25FN2O3S/c1-22(2,15-5-10-18(27-3)19(13-15)28-4)20-14-24-21(29-12-11-26)25(20)17-8-6-16(23)7-9-17/h5-10,13-14,26H,11-12H2,1-4H3. The highest BCUT2D eigenvalue weighted by atomic mass is 32.2. The number of aliphatic hydroxyl groups is 1. The van der Waals surface area contributed by atoms with Gasteiger partial charge < -0.3 is 14.6 Å². The Labute approximate surface area is 174 Å². The maximum atomic E-state index is 13.5. The molecule has 1 N–H and O–H groups in total. The summed E-state index contributed by atoms with van der Waals surface area (Å²) in [4.78, 5) is 4.59. The molecule has 1 heterocycles. The Morgan fingerprint density at radius 3 is 2.38 bits per heavy atom. The summed E-state index contributed by atoms with van der Waals surface area (Å²) < 4.78 is 26.3. The molecule has 0 spiro atoms. The number of halogens is 1. The van der Waals surface area contributed by atoms with Gasteiger partial charge in [-0.25, -0.2) is 9.37 Å². The zero-order valence-electron chi connectivity index (χ0n) is 17.0. The molecule has 0 unspecified atom stereocenters. The second-order valence-corrected chi connectivity index (χ2v) is 8.07. The highest BCUT2D eigenvalue weighted by molar-refractivity contribution is 7.99. The van der Waals surface area contributed by atoms with E-state index >= 15 is 0 Å². The molecule has 7 heteroatoms. The molecule has 0 fully saturated rings. The van der Waals surface area contributed by atoms with Crippen LogP contribution in [-0.2, 0) is 5.41 Å². The molecule has 0 bridgehead atoms. The number of imidazole rings is 1. The predicted octanol–water partition coefficient (Wildman–Crippen LogP) is 4.44.